The highest BCUT2D eigenvalue weighted by Gasteiger charge is 2.21. The van der Waals surface area contributed by atoms with E-state index in [9.17, 15) is 8.42 Å². The van der Waals surface area contributed by atoms with Gasteiger partial charge in [0.15, 0.2) is 0 Å². The lowest BCUT2D eigenvalue weighted by Crippen LogP contribution is -2.16. The van der Waals surface area contributed by atoms with Gasteiger partial charge in [-0.1, -0.05) is 24.3 Å². The van der Waals surface area contributed by atoms with Crippen molar-refractivity contribution < 1.29 is 8.42 Å². The molecule has 0 spiro atoms. The number of benzene rings is 2. The average Bonchev–Trinajstić information content (AvgIpc) is 2.62. The molecule has 0 aromatic heterocycles. The molecule has 1 aliphatic rings. The van der Waals surface area contributed by atoms with Crippen molar-refractivity contribution in [2.45, 2.75) is 30.1 Å². The Balaban J connectivity index is 1.78. The zero-order valence-electron chi connectivity index (χ0n) is 15.2. The molecule has 0 amide bonds. The van der Waals surface area contributed by atoms with Crippen LogP contribution in [0.15, 0.2) is 58.4 Å². The number of rotatable bonds is 6. The summed E-state index contributed by atoms with van der Waals surface area (Å²) in [7, 11) is 0.367. The second kappa shape index (κ2) is 7.91. The van der Waals surface area contributed by atoms with E-state index in [1.807, 2.05) is 43.5 Å². The molecule has 0 heterocycles. The number of hydrogen-bond donors (Lipinski definition) is 1. The smallest absolute Gasteiger partial charge is 0.261 e. The lowest BCUT2D eigenvalue weighted by Gasteiger charge is -2.25. The molecule has 0 saturated carbocycles. The quantitative estimate of drug-likeness (QED) is 0.624. The monoisotopic (exact) mass is 371 g/mol. The highest BCUT2D eigenvalue weighted by Crippen LogP contribution is 2.33. The van der Waals surface area contributed by atoms with Crippen molar-refractivity contribution >= 4 is 22.0 Å². The van der Waals surface area contributed by atoms with Gasteiger partial charge in [-0.05, 0) is 54.7 Å². The maximum atomic E-state index is 12.5. The highest BCUT2D eigenvalue weighted by atomic mass is 32.2. The van der Waals surface area contributed by atoms with Gasteiger partial charge in [0, 0.05) is 32.2 Å². The van der Waals surface area contributed by atoms with Crippen molar-refractivity contribution in [3.8, 4) is 0 Å². The zero-order chi connectivity index (χ0) is 18.6. The predicted molar refractivity (Wildman–Crippen MR) is 106 cm³/mol. The molecule has 6 heteroatoms. The standard InChI is InChI=1S/C20H25N3O2S/c1-23(2)15-21-14-17-8-6-7-16-13-18(11-12-20(16)17)22-26(24,25)19-9-4-3-5-10-19/h3-5,9-13,15,17,22H,6-8,14H2,1-2H3/b21-15+. The number of fused-ring (bicyclic) bond motifs is 1. The fourth-order valence-corrected chi connectivity index (χ4v) is 4.39. The normalized spacial score (nSPS) is 17.1. The number of sulfonamides is 1. The van der Waals surface area contributed by atoms with Crippen LogP contribution >= 0.6 is 0 Å². The summed E-state index contributed by atoms with van der Waals surface area (Å²) in [5.74, 6) is 0.398. The Kier molecular flexibility index (Phi) is 5.61. The molecule has 26 heavy (non-hydrogen) atoms. The molecule has 0 radical (unpaired) electrons. The number of nitrogens with one attached hydrogen (secondary N) is 1. The van der Waals surface area contributed by atoms with Crippen molar-refractivity contribution in [2.24, 2.45) is 4.99 Å². The van der Waals surface area contributed by atoms with E-state index in [1.165, 1.54) is 11.1 Å². The number of hydrogen-bond acceptors (Lipinski definition) is 3. The topological polar surface area (TPSA) is 61.8 Å². The SMILES string of the molecule is CN(C)/C=N/CC1CCCc2cc(NS(=O)(=O)c3ccccc3)ccc21. The van der Waals surface area contributed by atoms with Gasteiger partial charge < -0.3 is 4.90 Å². The molecule has 1 aliphatic carbocycles. The minimum Gasteiger partial charge on any atom is -0.369 e. The summed E-state index contributed by atoms with van der Waals surface area (Å²) < 4.78 is 27.7. The van der Waals surface area contributed by atoms with Crippen LogP contribution in [0.1, 0.15) is 29.9 Å². The van der Waals surface area contributed by atoms with Crippen LogP contribution in [-0.4, -0.2) is 40.3 Å². The Labute approximate surface area is 155 Å². The summed E-state index contributed by atoms with van der Waals surface area (Å²) in [5, 5.41) is 0. The molecule has 1 N–H and O–H groups in total. The van der Waals surface area contributed by atoms with Gasteiger partial charge in [0.1, 0.15) is 0 Å². The van der Waals surface area contributed by atoms with E-state index in [2.05, 4.69) is 9.71 Å². The van der Waals surface area contributed by atoms with E-state index in [4.69, 9.17) is 0 Å². The first-order valence-corrected chi connectivity index (χ1v) is 10.3. The van der Waals surface area contributed by atoms with Gasteiger partial charge in [-0.2, -0.15) is 0 Å². The van der Waals surface area contributed by atoms with Crippen LogP contribution in [0, 0.1) is 0 Å². The maximum Gasteiger partial charge on any atom is 0.261 e. The largest absolute Gasteiger partial charge is 0.369 e. The van der Waals surface area contributed by atoms with Crippen molar-refractivity contribution in [2.75, 3.05) is 25.4 Å². The van der Waals surface area contributed by atoms with Crippen LogP contribution in [-0.2, 0) is 16.4 Å². The maximum absolute atomic E-state index is 12.5. The minimum absolute atomic E-state index is 0.272. The summed E-state index contributed by atoms with van der Waals surface area (Å²) in [4.78, 5) is 6.71. The Bertz CT molecular complexity index is 877. The predicted octanol–water partition coefficient (Wildman–Crippen LogP) is 3.50. The minimum atomic E-state index is -3.56. The number of aliphatic imine (C=N–C) groups is 1. The van der Waals surface area contributed by atoms with Crippen molar-refractivity contribution in [1.82, 2.24) is 4.90 Å². The lowest BCUT2D eigenvalue weighted by molar-refractivity contribution is 0.556. The highest BCUT2D eigenvalue weighted by molar-refractivity contribution is 7.92. The third-order valence-corrected chi connectivity index (χ3v) is 5.92. The molecule has 1 atom stereocenters. The van der Waals surface area contributed by atoms with E-state index in [0.29, 0.717) is 11.6 Å². The van der Waals surface area contributed by atoms with Gasteiger partial charge in [0.2, 0.25) is 0 Å². The summed E-state index contributed by atoms with van der Waals surface area (Å²) in [6.45, 7) is 0.764. The Hall–Kier alpha value is -2.34. The van der Waals surface area contributed by atoms with Crippen molar-refractivity contribution in [1.29, 1.82) is 0 Å². The molecular formula is C20H25N3O2S. The third kappa shape index (κ3) is 4.43. The van der Waals surface area contributed by atoms with Gasteiger partial charge in [0.25, 0.3) is 10.0 Å². The summed E-state index contributed by atoms with van der Waals surface area (Å²) in [6, 6.07) is 14.3. The number of aryl methyl sites for hydroxylation is 1. The summed E-state index contributed by atoms with van der Waals surface area (Å²) >= 11 is 0. The summed E-state index contributed by atoms with van der Waals surface area (Å²) in [5.41, 5.74) is 3.12. The van der Waals surface area contributed by atoms with Gasteiger partial charge in [0.05, 0.1) is 11.2 Å². The molecule has 138 valence electrons. The molecule has 5 nitrogen and oxygen atoms in total. The second-order valence-electron chi connectivity index (χ2n) is 6.87. The number of anilines is 1. The van der Waals surface area contributed by atoms with Crippen LogP contribution in [0.5, 0.6) is 0 Å². The van der Waals surface area contributed by atoms with E-state index < -0.39 is 10.0 Å². The molecular weight excluding hydrogens is 346 g/mol. The van der Waals surface area contributed by atoms with Crippen LogP contribution in [0.3, 0.4) is 0 Å². The first-order valence-electron chi connectivity index (χ1n) is 8.83. The molecule has 2 aromatic carbocycles. The third-order valence-electron chi connectivity index (χ3n) is 4.53. The first-order chi connectivity index (χ1) is 12.5. The Morgan fingerprint density at radius 2 is 1.96 bits per heavy atom. The molecule has 0 aliphatic heterocycles. The van der Waals surface area contributed by atoms with E-state index in [0.717, 1.165) is 25.8 Å². The van der Waals surface area contributed by atoms with E-state index in [-0.39, 0.29) is 4.90 Å². The molecule has 2 aromatic rings. The molecule has 3 rings (SSSR count). The van der Waals surface area contributed by atoms with Crippen molar-refractivity contribution in [3.05, 3.63) is 59.7 Å². The number of nitrogens with zero attached hydrogens (tertiary/aromatic N) is 2. The van der Waals surface area contributed by atoms with Crippen LogP contribution in [0.2, 0.25) is 0 Å². The van der Waals surface area contributed by atoms with E-state index in [1.54, 1.807) is 30.3 Å². The van der Waals surface area contributed by atoms with Gasteiger partial charge in [-0.3, -0.25) is 9.71 Å². The molecule has 0 fully saturated rings. The summed E-state index contributed by atoms with van der Waals surface area (Å²) in [6.07, 6.45) is 5.04. The van der Waals surface area contributed by atoms with Crippen molar-refractivity contribution in [3.63, 3.8) is 0 Å². The lowest BCUT2D eigenvalue weighted by atomic mass is 9.82. The van der Waals surface area contributed by atoms with E-state index >= 15 is 0 Å². The average molecular weight is 372 g/mol. The Morgan fingerprint density at radius 3 is 2.69 bits per heavy atom. The van der Waals surface area contributed by atoms with Crippen LogP contribution in [0.4, 0.5) is 5.69 Å². The molecule has 0 saturated heterocycles. The fraction of sp³-hybridized carbons (Fsp3) is 0.350. The van der Waals surface area contributed by atoms with Gasteiger partial charge in [-0.15, -0.1) is 0 Å². The van der Waals surface area contributed by atoms with Crippen LogP contribution < -0.4 is 4.72 Å². The first kappa shape index (κ1) is 18.5. The van der Waals surface area contributed by atoms with Crippen LogP contribution in [0.25, 0.3) is 0 Å². The van der Waals surface area contributed by atoms with Gasteiger partial charge in [-0.25, -0.2) is 8.42 Å². The molecule has 1 unspecified atom stereocenters. The fourth-order valence-electron chi connectivity index (χ4n) is 3.32. The second-order valence-corrected chi connectivity index (χ2v) is 8.55. The van der Waals surface area contributed by atoms with Gasteiger partial charge >= 0.3 is 0 Å². The molecule has 0 bridgehead atoms. The zero-order valence-corrected chi connectivity index (χ0v) is 16.0. The Morgan fingerprint density at radius 1 is 1.19 bits per heavy atom.